The quantitative estimate of drug-likeness (QED) is 0.413. The Morgan fingerprint density at radius 2 is 1.29 bits per heavy atom. The van der Waals surface area contributed by atoms with Crippen molar-refractivity contribution in [2.75, 3.05) is 13.7 Å². The normalized spacial score (nSPS) is 10.5. The number of aromatic carboxylic acids is 2. The van der Waals surface area contributed by atoms with Crippen molar-refractivity contribution >= 4 is 45.7 Å². The van der Waals surface area contributed by atoms with Crippen LogP contribution in [0.15, 0.2) is 48.5 Å². The number of hydrogen-bond donors (Lipinski definition) is 2. The molecule has 2 aromatic heterocycles. The minimum absolute atomic E-state index is 0.0729. The van der Waals surface area contributed by atoms with Crippen molar-refractivity contribution in [1.82, 2.24) is 9.13 Å². The summed E-state index contributed by atoms with van der Waals surface area (Å²) < 4.78 is 12.8. The third-order valence-corrected chi connectivity index (χ3v) is 5.45. The molecule has 4 rings (SSSR count). The van der Waals surface area contributed by atoms with Crippen LogP contribution in [0.2, 0.25) is 0 Å². The number of aromatic nitrogens is 2. The number of nitrogens with zero attached hydrogens (tertiary/aromatic N) is 2. The Morgan fingerprint density at radius 1 is 0.771 bits per heavy atom. The minimum Gasteiger partial charge on any atom is -0.478 e. The first-order valence-electron chi connectivity index (χ1n) is 10.5. The van der Waals surface area contributed by atoms with E-state index in [1.165, 1.54) is 30.9 Å². The first-order chi connectivity index (χ1) is 16.6. The number of hydrogen-bond acceptors (Lipinski definition) is 6. The molecule has 2 aromatic carbocycles. The molecule has 182 valence electrons. The van der Waals surface area contributed by atoms with Gasteiger partial charge in [-0.15, -0.1) is 0 Å². The maximum absolute atomic E-state index is 11.8. The van der Waals surface area contributed by atoms with Crippen molar-refractivity contribution in [3.63, 3.8) is 0 Å². The average Bonchev–Trinajstić information content (AvgIpc) is 3.36. The summed E-state index contributed by atoms with van der Waals surface area (Å²) in [5, 5.41) is 19.3. The second kappa shape index (κ2) is 10.1. The lowest BCUT2D eigenvalue weighted by atomic mass is 10.1. The summed E-state index contributed by atoms with van der Waals surface area (Å²) in [6, 6.07) is 13.2. The number of esters is 2. The van der Waals surface area contributed by atoms with Crippen LogP contribution in [-0.4, -0.2) is 56.9 Å². The van der Waals surface area contributed by atoms with Crippen LogP contribution in [0.5, 0.6) is 0 Å². The number of carboxylic acids is 2. The van der Waals surface area contributed by atoms with E-state index in [1.807, 2.05) is 6.07 Å². The summed E-state index contributed by atoms with van der Waals surface area (Å²) in [6.07, 6.45) is 0. The summed E-state index contributed by atoms with van der Waals surface area (Å²) in [7, 11) is 4.59. The Labute approximate surface area is 199 Å². The fourth-order valence-electron chi connectivity index (χ4n) is 3.89. The molecule has 0 aliphatic heterocycles. The minimum atomic E-state index is -1.07. The molecule has 2 N–H and O–H groups in total. The number of para-hydroxylation sites is 2. The van der Waals surface area contributed by atoms with E-state index in [-0.39, 0.29) is 11.3 Å². The summed E-state index contributed by atoms with van der Waals surface area (Å²) in [6.45, 7) is 2.06. The maximum Gasteiger partial charge on any atom is 0.354 e. The lowest BCUT2D eigenvalue weighted by molar-refractivity contribution is 0.0513. The highest BCUT2D eigenvalue weighted by Crippen LogP contribution is 2.24. The van der Waals surface area contributed by atoms with Crippen molar-refractivity contribution < 1.29 is 38.9 Å². The van der Waals surface area contributed by atoms with Crippen LogP contribution in [0.1, 0.15) is 48.6 Å². The van der Waals surface area contributed by atoms with Crippen LogP contribution in [0.4, 0.5) is 0 Å². The predicted octanol–water partition coefficient (Wildman–Crippen LogP) is 3.72. The van der Waals surface area contributed by atoms with E-state index in [1.54, 1.807) is 48.9 Å². The summed E-state index contributed by atoms with van der Waals surface area (Å²) >= 11 is 0. The number of carbonyl (C=O) groups excluding carboxylic acids is 2. The molecule has 10 nitrogen and oxygen atoms in total. The van der Waals surface area contributed by atoms with Crippen LogP contribution < -0.4 is 0 Å². The number of methoxy groups -OCH3 is 1. The van der Waals surface area contributed by atoms with E-state index >= 15 is 0 Å². The molecule has 35 heavy (non-hydrogen) atoms. The molecular formula is C25H24N2O8. The number of carboxylic acid groups (broad SMARTS) is 2. The van der Waals surface area contributed by atoms with Crippen LogP contribution >= 0.6 is 0 Å². The van der Waals surface area contributed by atoms with Gasteiger partial charge in [-0.3, -0.25) is 0 Å². The molecule has 0 radical (unpaired) electrons. The molecule has 0 aliphatic rings. The highest BCUT2D eigenvalue weighted by atomic mass is 16.5. The number of rotatable bonds is 5. The number of aryl methyl sites for hydroxylation is 2. The average molecular weight is 480 g/mol. The smallest absolute Gasteiger partial charge is 0.354 e. The van der Waals surface area contributed by atoms with Crippen LogP contribution in [0.3, 0.4) is 0 Å². The Kier molecular flexibility index (Phi) is 7.24. The summed E-state index contributed by atoms with van der Waals surface area (Å²) in [5.74, 6) is -2.97. The molecule has 0 fully saturated rings. The fourth-order valence-corrected chi connectivity index (χ4v) is 3.89. The number of benzene rings is 2. The van der Waals surface area contributed by atoms with Gasteiger partial charge in [0.05, 0.1) is 35.9 Å². The molecule has 0 unspecified atom stereocenters. The molecule has 0 aliphatic carbocycles. The highest BCUT2D eigenvalue weighted by molar-refractivity contribution is 6.06. The van der Waals surface area contributed by atoms with Gasteiger partial charge in [-0.1, -0.05) is 24.3 Å². The van der Waals surface area contributed by atoms with Gasteiger partial charge in [-0.2, -0.15) is 0 Å². The Hall–Kier alpha value is -4.60. The monoisotopic (exact) mass is 480 g/mol. The Balaban J connectivity index is 0.000000198. The molecule has 0 atom stereocenters. The van der Waals surface area contributed by atoms with Gasteiger partial charge in [0.2, 0.25) is 0 Å². The van der Waals surface area contributed by atoms with Crippen molar-refractivity contribution in [3.8, 4) is 0 Å². The van der Waals surface area contributed by atoms with Gasteiger partial charge in [0, 0.05) is 24.9 Å². The lowest BCUT2D eigenvalue weighted by Gasteiger charge is -2.06. The molecule has 0 saturated heterocycles. The van der Waals surface area contributed by atoms with E-state index < -0.39 is 23.9 Å². The molecular weight excluding hydrogens is 456 g/mol. The molecule has 10 heteroatoms. The van der Waals surface area contributed by atoms with Crippen molar-refractivity contribution in [2.45, 2.75) is 6.92 Å². The van der Waals surface area contributed by atoms with Gasteiger partial charge in [-0.05, 0) is 31.2 Å². The maximum atomic E-state index is 11.8. The largest absolute Gasteiger partial charge is 0.478 e. The number of carbonyl (C=O) groups is 4. The van der Waals surface area contributed by atoms with Crippen molar-refractivity contribution in [2.24, 2.45) is 14.1 Å². The zero-order valence-corrected chi connectivity index (χ0v) is 19.6. The highest BCUT2D eigenvalue weighted by Gasteiger charge is 2.19. The SMILES string of the molecule is CCOC(=O)c1cc2cccc(C(=O)OC)c2n1C.Cn1c(C(=O)O)cc2cccc(C(=O)O)c21. The predicted molar refractivity (Wildman–Crippen MR) is 127 cm³/mol. The van der Waals surface area contributed by atoms with Gasteiger partial charge in [0.15, 0.2) is 0 Å². The van der Waals surface area contributed by atoms with Gasteiger partial charge >= 0.3 is 23.9 Å². The zero-order chi connectivity index (χ0) is 25.9. The third kappa shape index (κ3) is 4.72. The topological polar surface area (TPSA) is 137 Å². The summed E-state index contributed by atoms with van der Waals surface area (Å²) in [5.41, 5.74) is 2.10. The van der Waals surface area contributed by atoms with Crippen molar-refractivity contribution in [3.05, 3.63) is 71.0 Å². The van der Waals surface area contributed by atoms with Crippen LogP contribution in [0.25, 0.3) is 21.8 Å². The van der Waals surface area contributed by atoms with Gasteiger partial charge < -0.3 is 28.8 Å². The molecule has 0 amide bonds. The fraction of sp³-hybridized carbons (Fsp3) is 0.200. The van der Waals surface area contributed by atoms with E-state index in [9.17, 15) is 19.2 Å². The molecule has 2 heterocycles. The lowest BCUT2D eigenvalue weighted by Crippen LogP contribution is -2.11. The second-order valence-corrected chi connectivity index (χ2v) is 7.49. The van der Waals surface area contributed by atoms with E-state index in [2.05, 4.69) is 0 Å². The Morgan fingerprint density at radius 3 is 1.80 bits per heavy atom. The molecule has 0 bridgehead atoms. The van der Waals surface area contributed by atoms with Gasteiger partial charge in [0.25, 0.3) is 0 Å². The van der Waals surface area contributed by atoms with E-state index in [0.717, 1.165) is 5.39 Å². The van der Waals surface area contributed by atoms with Crippen molar-refractivity contribution in [1.29, 1.82) is 0 Å². The summed E-state index contributed by atoms with van der Waals surface area (Å²) in [4.78, 5) is 45.4. The Bertz CT molecular complexity index is 1460. The standard InChI is InChI=1S/C14H15NO4.C11H9NO4/c1-4-19-14(17)11-8-9-6-5-7-10(13(16)18-3)12(9)15(11)2;1-12-8(11(15)16)5-6-3-2-4-7(9(6)12)10(13)14/h5-8H,4H2,1-3H3;2-5H,1H3,(H,13,14)(H,15,16). The second-order valence-electron chi connectivity index (χ2n) is 7.49. The van der Waals surface area contributed by atoms with E-state index in [4.69, 9.17) is 19.7 Å². The third-order valence-electron chi connectivity index (χ3n) is 5.45. The van der Waals surface area contributed by atoms with Gasteiger partial charge in [0.1, 0.15) is 11.4 Å². The number of fused-ring (bicyclic) bond motifs is 2. The van der Waals surface area contributed by atoms with Crippen LogP contribution in [0, 0.1) is 0 Å². The molecule has 0 saturated carbocycles. The zero-order valence-electron chi connectivity index (χ0n) is 19.6. The van der Waals surface area contributed by atoms with Crippen LogP contribution in [-0.2, 0) is 23.6 Å². The first-order valence-corrected chi connectivity index (χ1v) is 10.5. The molecule has 0 spiro atoms. The first kappa shape index (κ1) is 25.0. The van der Waals surface area contributed by atoms with E-state index in [0.29, 0.717) is 34.3 Å². The number of ether oxygens (including phenoxy) is 2. The molecule has 4 aromatic rings. The van der Waals surface area contributed by atoms with Gasteiger partial charge in [-0.25, -0.2) is 19.2 Å².